The number of ether oxygens (including phenoxy) is 1. The highest BCUT2D eigenvalue weighted by Crippen LogP contribution is 2.38. The zero-order valence-electron chi connectivity index (χ0n) is 31.0. The third kappa shape index (κ3) is 11.4. The smallest absolute Gasteiger partial charge is 0.328 e. The highest BCUT2D eigenvalue weighted by atomic mass is 16.5. The Balaban J connectivity index is 1.94. The predicted octanol–water partition coefficient (Wildman–Crippen LogP) is -1.67. The van der Waals surface area contributed by atoms with Gasteiger partial charge in [-0.3, -0.25) is 28.8 Å². The van der Waals surface area contributed by atoms with Crippen LogP contribution in [0.25, 0.3) is 11.1 Å². The molecule has 0 aliphatic carbocycles. The molecule has 0 radical (unpaired) electrons. The van der Waals surface area contributed by atoms with Gasteiger partial charge in [-0.25, -0.2) is 4.79 Å². The van der Waals surface area contributed by atoms with Crippen molar-refractivity contribution in [3.05, 3.63) is 47.5 Å². The van der Waals surface area contributed by atoms with E-state index in [9.17, 15) is 48.9 Å². The Morgan fingerprint density at radius 3 is 2.20 bits per heavy atom. The number of benzene rings is 2. The molecule has 1 aliphatic rings. The minimum absolute atomic E-state index is 0.0606. The van der Waals surface area contributed by atoms with E-state index >= 15 is 0 Å². The van der Waals surface area contributed by atoms with Gasteiger partial charge in [0.25, 0.3) is 0 Å². The first-order valence-corrected chi connectivity index (χ1v) is 17.3. The Morgan fingerprint density at radius 2 is 1.57 bits per heavy atom. The number of carbonyl (C=O) groups is 7. The first-order valence-electron chi connectivity index (χ1n) is 17.3. The number of carbonyl (C=O) groups excluding carboxylic acids is 7. The summed E-state index contributed by atoms with van der Waals surface area (Å²) in [5, 5.41) is 46.0. The second kappa shape index (κ2) is 19.4. The lowest BCUT2D eigenvalue weighted by Crippen LogP contribution is -2.56. The van der Waals surface area contributed by atoms with E-state index in [0.717, 1.165) is 4.90 Å². The number of amides is 6. The molecule has 1 aliphatic heterocycles. The first kappa shape index (κ1) is 42.7. The lowest BCUT2D eigenvalue weighted by Gasteiger charge is -2.30. The molecule has 0 spiro atoms. The SMILES string of the molecule is CN[C@H](CO)C(=O)NCC(=O)NCC(=O)N(C)C1C(=O)N[C@@H](C)C(=O)N[C@H](C(=O)N[C@H](C)C(=O)OCC(C)C)Cc2ccc(O)c(c2)-c2cc1ccc2O. The van der Waals surface area contributed by atoms with Crippen molar-refractivity contribution >= 4 is 41.4 Å². The Labute approximate surface area is 312 Å². The number of likely N-dealkylation sites (N-methyl/N-ethyl adjacent to an activating group) is 2. The van der Waals surface area contributed by atoms with Gasteiger partial charge in [-0.2, -0.15) is 0 Å². The number of rotatable bonds is 13. The van der Waals surface area contributed by atoms with Crippen LogP contribution in [0, 0.1) is 5.92 Å². The standard InChI is InChI=1S/C36H49N7O11/c1-18(2)17-54-36(53)20(4)41-34(51)25-12-21-7-9-27(45)23(11-21)24-13-22(8-10-28(24)46)31(35(52)40-19(3)32(49)42-25)43(6)30(48)15-38-29(47)14-39-33(50)26(16-44)37-5/h7-11,13,18-20,25-26,31,37,44-46H,12,14-17H2,1-6H3,(H,38,47)(H,39,50)(H,40,52)(H,41,51)(H,42,49)/t19-,20+,25-,26+,31?/m0/s1. The summed E-state index contributed by atoms with van der Waals surface area (Å²) in [6, 6.07) is 2.39. The number of nitrogens with zero attached hydrogens (tertiary/aromatic N) is 1. The number of esters is 1. The van der Waals surface area contributed by atoms with Crippen molar-refractivity contribution in [1.82, 2.24) is 36.8 Å². The number of phenols is 2. The molecule has 18 heteroatoms. The number of aliphatic hydroxyl groups is 1. The van der Waals surface area contributed by atoms with Gasteiger partial charge in [-0.15, -0.1) is 0 Å². The van der Waals surface area contributed by atoms with Gasteiger partial charge in [0.1, 0.15) is 41.7 Å². The Kier molecular flexibility index (Phi) is 15.3. The number of aliphatic hydroxyl groups excluding tert-OH is 1. The van der Waals surface area contributed by atoms with Crippen molar-refractivity contribution in [3.63, 3.8) is 0 Å². The molecule has 1 unspecified atom stereocenters. The fourth-order valence-corrected chi connectivity index (χ4v) is 5.36. The van der Waals surface area contributed by atoms with Crippen LogP contribution in [0.3, 0.4) is 0 Å². The second-order valence-electron chi connectivity index (χ2n) is 13.3. The molecular weight excluding hydrogens is 706 g/mol. The molecule has 2 aromatic carbocycles. The molecule has 18 nitrogen and oxygen atoms in total. The summed E-state index contributed by atoms with van der Waals surface area (Å²) in [6.45, 7) is 5.03. The molecule has 4 bridgehead atoms. The van der Waals surface area contributed by atoms with Gasteiger partial charge in [-0.1, -0.05) is 26.0 Å². The summed E-state index contributed by atoms with van der Waals surface area (Å²) in [6.07, 6.45) is -0.119. The predicted molar refractivity (Wildman–Crippen MR) is 193 cm³/mol. The van der Waals surface area contributed by atoms with Crippen LogP contribution in [0.1, 0.15) is 44.9 Å². The molecule has 294 valence electrons. The van der Waals surface area contributed by atoms with E-state index in [0.29, 0.717) is 5.56 Å². The van der Waals surface area contributed by atoms with Crippen LogP contribution in [0.2, 0.25) is 0 Å². The average Bonchev–Trinajstić information content (AvgIpc) is 3.12. The number of fused-ring (bicyclic) bond motifs is 5. The van der Waals surface area contributed by atoms with Gasteiger partial charge >= 0.3 is 5.97 Å². The van der Waals surface area contributed by atoms with Crippen LogP contribution in [0.5, 0.6) is 11.5 Å². The van der Waals surface area contributed by atoms with Crippen LogP contribution < -0.4 is 31.9 Å². The number of nitrogens with one attached hydrogen (secondary N) is 6. The van der Waals surface area contributed by atoms with E-state index in [1.165, 1.54) is 64.3 Å². The van der Waals surface area contributed by atoms with E-state index in [-0.39, 0.29) is 47.1 Å². The lowest BCUT2D eigenvalue weighted by atomic mass is 9.93. The zero-order valence-corrected chi connectivity index (χ0v) is 31.0. The van der Waals surface area contributed by atoms with Crippen molar-refractivity contribution in [2.24, 2.45) is 5.92 Å². The van der Waals surface area contributed by atoms with Crippen molar-refractivity contribution in [1.29, 1.82) is 0 Å². The topological polar surface area (TPSA) is 265 Å². The molecule has 0 fully saturated rings. The number of hydrogen-bond donors (Lipinski definition) is 9. The zero-order chi connectivity index (χ0) is 40.3. The van der Waals surface area contributed by atoms with Gasteiger partial charge in [0, 0.05) is 24.6 Å². The summed E-state index contributed by atoms with van der Waals surface area (Å²) in [5.74, 6) is -5.65. The summed E-state index contributed by atoms with van der Waals surface area (Å²) in [7, 11) is 2.74. The fraction of sp³-hybridized carbons (Fsp3) is 0.472. The van der Waals surface area contributed by atoms with Gasteiger partial charge in [-0.05, 0) is 62.2 Å². The Hall–Kier alpha value is -5.75. The van der Waals surface area contributed by atoms with E-state index < -0.39 is 91.3 Å². The van der Waals surface area contributed by atoms with Gasteiger partial charge in [0.2, 0.25) is 35.4 Å². The van der Waals surface area contributed by atoms with Crippen LogP contribution in [-0.2, 0) is 44.7 Å². The molecule has 0 saturated carbocycles. The third-order valence-electron chi connectivity index (χ3n) is 8.52. The van der Waals surface area contributed by atoms with E-state index in [1.807, 2.05) is 13.8 Å². The normalized spacial score (nSPS) is 18.2. The van der Waals surface area contributed by atoms with Crippen molar-refractivity contribution in [2.45, 2.75) is 64.3 Å². The maximum atomic E-state index is 13.9. The quantitative estimate of drug-likeness (QED) is 0.104. The molecular formula is C36H49N7O11. The van der Waals surface area contributed by atoms with Crippen molar-refractivity contribution < 1.29 is 53.6 Å². The second-order valence-corrected chi connectivity index (χ2v) is 13.3. The Bertz CT molecular complexity index is 1730. The summed E-state index contributed by atoms with van der Waals surface area (Å²) >= 11 is 0. The third-order valence-corrected chi connectivity index (χ3v) is 8.52. The molecule has 1 heterocycles. The van der Waals surface area contributed by atoms with Gasteiger partial charge in [0.15, 0.2) is 0 Å². The van der Waals surface area contributed by atoms with E-state index in [4.69, 9.17) is 4.74 Å². The summed E-state index contributed by atoms with van der Waals surface area (Å²) < 4.78 is 5.22. The van der Waals surface area contributed by atoms with Crippen LogP contribution in [0.4, 0.5) is 0 Å². The largest absolute Gasteiger partial charge is 0.507 e. The molecule has 6 amide bonds. The van der Waals surface area contributed by atoms with Gasteiger partial charge in [0.05, 0.1) is 26.3 Å². The fourth-order valence-electron chi connectivity index (χ4n) is 5.36. The molecule has 0 aromatic heterocycles. The number of hydrogen-bond acceptors (Lipinski definition) is 12. The molecule has 0 saturated heterocycles. The van der Waals surface area contributed by atoms with E-state index in [1.54, 1.807) is 0 Å². The average molecular weight is 756 g/mol. The van der Waals surface area contributed by atoms with Crippen LogP contribution in [0.15, 0.2) is 36.4 Å². The maximum Gasteiger partial charge on any atom is 0.328 e. The molecule has 2 aromatic rings. The van der Waals surface area contributed by atoms with E-state index in [2.05, 4.69) is 31.9 Å². The summed E-state index contributed by atoms with van der Waals surface area (Å²) in [4.78, 5) is 92.3. The first-order chi connectivity index (χ1) is 25.5. The molecule has 54 heavy (non-hydrogen) atoms. The monoisotopic (exact) mass is 755 g/mol. The highest BCUT2D eigenvalue weighted by Gasteiger charge is 2.34. The van der Waals surface area contributed by atoms with Crippen LogP contribution >= 0.6 is 0 Å². The van der Waals surface area contributed by atoms with Crippen molar-refractivity contribution in [2.75, 3.05) is 40.4 Å². The Morgan fingerprint density at radius 1 is 0.926 bits per heavy atom. The number of phenolic OH excluding ortho intramolecular Hbond substituents is 2. The minimum atomic E-state index is -1.45. The van der Waals surface area contributed by atoms with Crippen molar-refractivity contribution in [3.8, 4) is 22.6 Å². The maximum absolute atomic E-state index is 13.9. The molecule has 5 atom stereocenters. The minimum Gasteiger partial charge on any atom is -0.507 e. The number of aromatic hydroxyl groups is 2. The molecule has 3 rings (SSSR count). The van der Waals surface area contributed by atoms with Crippen LogP contribution in [-0.4, -0.2) is 126 Å². The molecule has 9 N–H and O–H groups in total. The van der Waals surface area contributed by atoms with Gasteiger partial charge < -0.3 is 56.9 Å². The lowest BCUT2D eigenvalue weighted by molar-refractivity contribution is -0.148. The highest BCUT2D eigenvalue weighted by molar-refractivity contribution is 5.96. The summed E-state index contributed by atoms with van der Waals surface area (Å²) in [5.41, 5.74) is 0.805.